The van der Waals surface area contributed by atoms with Crippen molar-refractivity contribution in [3.05, 3.63) is 95.0 Å². The van der Waals surface area contributed by atoms with E-state index in [1.807, 2.05) is 54.6 Å². The van der Waals surface area contributed by atoms with Gasteiger partial charge in [0.05, 0.1) is 0 Å². The predicted molar refractivity (Wildman–Crippen MR) is 120 cm³/mol. The van der Waals surface area contributed by atoms with Gasteiger partial charge in [0.15, 0.2) is 11.5 Å². The van der Waals surface area contributed by atoms with E-state index in [0.717, 1.165) is 39.1 Å². The van der Waals surface area contributed by atoms with E-state index in [-0.39, 0.29) is 6.79 Å². The fraction of sp³-hybridized carbons (Fsp3) is 0.120. The number of nitrogens with one attached hydrogen (secondary N) is 1. The highest BCUT2D eigenvalue weighted by molar-refractivity contribution is 6.30. The summed E-state index contributed by atoms with van der Waals surface area (Å²) in [7, 11) is 0. The monoisotopic (exact) mass is 417 g/mol. The molecular weight excluding hydrogens is 398 g/mol. The molecule has 0 saturated heterocycles. The van der Waals surface area contributed by atoms with Gasteiger partial charge in [0.2, 0.25) is 6.79 Å². The van der Waals surface area contributed by atoms with Crippen LogP contribution < -0.4 is 19.5 Å². The highest BCUT2D eigenvalue weighted by Crippen LogP contribution is 2.35. The summed E-state index contributed by atoms with van der Waals surface area (Å²) in [5, 5.41) is 6.56. The van der Waals surface area contributed by atoms with E-state index in [4.69, 9.17) is 25.8 Å². The first-order valence-electron chi connectivity index (χ1n) is 9.78. The molecule has 0 amide bonds. The average molecular weight is 418 g/mol. The third-order valence-electron chi connectivity index (χ3n) is 5.15. The number of hydrogen-bond donors (Lipinski definition) is 1. The van der Waals surface area contributed by atoms with Crippen LogP contribution in [0.1, 0.15) is 11.1 Å². The minimum Gasteiger partial charge on any atom is -0.489 e. The van der Waals surface area contributed by atoms with Crippen LogP contribution in [0.2, 0.25) is 5.02 Å². The maximum absolute atomic E-state index is 6.21. The van der Waals surface area contributed by atoms with Gasteiger partial charge in [-0.1, -0.05) is 54.1 Å². The molecular formula is C25H20ClNO3. The number of anilines is 1. The lowest BCUT2D eigenvalue weighted by atomic mass is 10.0. The van der Waals surface area contributed by atoms with Crippen molar-refractivity contribution in [2.24, 2.45) is 0 Å². The van der Waals surface area contributed by atoms with Crippen molar-refractivity contribution < 1.29 is 14.2 Å². The van der Waals surface area contributed by atoms with Crippen LogP contribution in [0.25, 0.3) is 10.8 Å². The molecule has 5 rings (SSSR count). The first-order valence-corrected chi connectivity index (χ1v) is 10.2. The van der Waals surface area contributed by atoms with Gasteiger partial charge in [-0.15, -0.1) is 0 Å². The Morgan fingerprint density at radius 2 is 1.70 bits per heavy atom. The zero-order chi connectivity index (χ0) is 20.3. The predicted octanol–water partition coefficient (Wildman–Crippen LogP) is 6.41. The van der Waals surface area contributed by atoms with E-state index < -0.39 is 0 Å². The van der Waals surface area contributed by atoms with E-state index in [1.165, 1.54) is 10.8 Å². The lowest BCUT2D eigenvalue weighted by molar-refractivity contribution is 0.174. The van der Waals surface area contributed by atoms with Crippen LogP contribution in [0.15, 0.2) is 78.9 Å². The summed E-state index contributed by atoms with van der Waals surface area (Å²) in [6, 6.07) is 26.1. The molecule has 150 valence electrons. The minimum absolute atomic E-state index is 0.269. The quantitative estimate of drug-likeness (QED) is 0.393. The normalized spacial score (nSPS) is 12.2. The highest BCUT2D eigenvalue weighted by atomic mass is 35.5. The van der Waals surface area contributed by atoms with Crippen molar-refractivity contribution >= 4 is 28.1 Å². The van der Waals surface area contributed by atoms with Crippen LogP contribution in [0.3, 0.4) is 0 Å². The maximum Gasteiger partial charge on any atom is 0.231 e. The number of rotatable bonds is 6. The molecule has 0 atom stereocenters. The number of fused-ring (bicyclic) bond motifs is 2. The standard InChI is InChI=1S/C25H20ClNO3/c26-19-8-5-17(6-9-19)15-28-23-11-7-18-3-1-2-4-21(18)22(23)14-27-20-10-12-24-25(13-20)30-16-29-24/h1-13,27H,14-16H2. The second-order valence-corrected chi connectivity index (χ2v) is 7.54. The van der Waals surface area contributed by atoms with Gasteiger partial charge in [-0.3, -0.25) is 0 Å². The third-order valence-corrected chi connectivity index (χ3v) is 5.40. The van der Waals surface area contributed by atoms with Crippen molar-refractivity contribution in [2.45, 2.75) is 13.2 Å². The van der Waals surface area contributed by atoms with Gasteiger partial charge in [-0.25, -0.2) is 0 Å². The smallest absolute Gasteiger partial charge is 0.231 e. The molecule has 1 N–H and O–H groups in total. The van der Waals surface area contributed by atoms with Gasteiger partial charge in [-0.05, 0) is 46.7 Å². The fourth-order valence-electron chi connectivity index (χ4n) is 3.57. The topological polar surface area (TPSA) is 39.7 Å². The number of benzene rings is 4. The molecule has 0 aliphatic carbocycles. The Kier molecular flexibility index (Phi) is 5.08. The van der Waals surface area contributed by atoms with E-state index in [0.29, 0.717) is 13.2 Å². The van der Waals surface area contributed by atoms with E-state index in [1.54, 1.807) is 0 Å². The van der Waals surface area contributed by atoms with Gasteiger partial charge >= 0.3 is 0 Å². The van der Waals surface area contributed by atoms with Crippen LogP contribution in [-0.2, 0) is 13.2 Å². The number of ether oxygens (including phenoxy) is 3. The summed E-state index contributed by atoms with van der Waals surface area (Å²) in [5.74, 6) is 2.40. The largest absolute Gasteiger partial charge is 0.489 e. The number of halogens is 1. The van der Waals surface area contributed by atoms with Gasteiger partial charge in [-0.2, -0.15) is 0 Å². The van der Waals surface area contributed by atoms with Crippen molar-refractivity contribution in [3.63, 3.8) is 0 Å². The van der Waals surface area contributed by atoms with Crippen molar-refractivity contribution in [1.82, 2.24) is 0 Å². The van der Waals surface area contributed by atoms with Gasteiger partial charge in [0.25, 0.3) is 0 Å². The second-order valence-electron chi connectivity index (χ2n) is 7.10. The Bertz CT molecular complexity index is 1190. The molecule has 1 heterocycles. The Morgan fingerprint density at radius 1 is 0.867 bits per heavy atom. The zero-order valence-corrected chi connectivity index (χ0v) is 17.0. The molecule has 0 unspecified atom stereocenters. The van der Waals surface area contributed by atoms with Gasteiger partial charge in [0.1, 0.15) is 12.4 Å². The van der Waals surface area contributed by atoms with E-state index >= 15 is 0 Å². The molecule has 4 aromatic carbocycles. The SMILES string of the molecule is Clc1ccc(COc2ccc3ccccc3c2CNc2ccc3c(c2)OCO3)cc1. The molecule has 0 radical (unpaired) electrons. The molecule has 1 aliphatic heterocycles. The summed E-state index contributed by atoms with van der Waals surface area (Å²) >= 11 is 5.99. The fourth-order valence-corrected chi connectivity index (χ4v) is 3.70. The Hall–Kier alpha value is -3.37. The maximum atomic E-state index is 6.21. The molecule has 0 fully saturated rings. The van der Waals surface area contributed by atoms with E-state index in [2.05, 4.69) is 29.6 Å². The Labute approximate surface area is 180 Å². The molecule has 0 aromatic heterocycles. The molecule has 4 nitrogen and oxygen atoms in total. The number of hydrogen-bond acceptors (Lipinski definition) is 4. The first kappa shape index (κ1) is 18.6. The van der Waals surface area contributed by atoms with Gasteiger partial charge in [0, 0.05) is 28.9 Å². The van der Waals surface area contributed by atoms with Crippen molar-refractivity contribution in [2.75, 3.05) is 12.1 Å². The van der Waals surface area contributed by atoms with Crippen LogP contribution in [-0.4, -0.2) is 6.79 Å². The third kappa shape index (κ3) is 3.87. The molecule has 5 heteroatoms. The van der Waals surface area contributed by atoms with E-state index in [9.17, 15) is 0 Å². The molecule has 4 aromatic rings. The summed E-state index contributed by atoms with van der Waals surface area (Å²) < 4.78 is 17.1. The molecule has 0 spiro atoms. The van der Waals surface area contributed by atoms with Crippen molar-refractivity contribution in [3.8, 4) is 17.2 Å². The highest BCUT2D eigenvalue weighted by Gasteiger charge is 2.14. The second kappa shape index (κ2) is 8.17. The van der Waals surface area contributed by atoms with Crippen LogP contribution in [0.5, 0.6) is 17.2 Å². The van der Waals surface area contributed by atoms with Crippen molar-refractivity contribution in [1.29, 1.82) is 0 Å². The summed E-state index contributed by atoms with van der Waals surface area (Å²) in [6.07, 6.45) is 0. The Morgan fingerprint density at radius 3 is 2.60 bits per heavy atom. The van der Waals surface area contributed by atoms with Crippen LogP contribution >= 0.6 is 11.6 Å². The minimum atomic E-state index is 0.269. The first-order chi connectivity index (χ1) is 14.8. The molecule has 1 aliphatic rings. The lowest BCUT2D eigenvalue weighted by Crippen LogP contribution is -2.04. The lowest BCUT2D eigenvalue weighted by Gasteiger charge is -2.16. The Balaban J connectivity index is 1.41. The molecule has 0 bridgehead atoms. The molecule has 30 heavy (non-hydrogen) atoms. The van der Waals surface area contributed by atoms with Crippen LogP contribution in [0.4, 0.5) is 5.69 Å². The zero-order valence-electron chi connectivity index (χ0n) is 16.2. The van der Waals surface area contributed by atoms with Crippen LogP contribution in [0, 0.1) is 0 Å². The average Bonchev–Trinajstić information content (AvgIpc) is 3.25. The summed E-state index contributed by atoms with van der Waals surface area (Å²) in [4.78, 5) is 0. The summed E-state index contributed by atoms with van der Waals surface area (Å²) in [6.45, 7) is 1.37. The van der Waals surface area contributed by atoms with Gasteiger partial charge < -0.3 is 19.5 Å². The summed E-state index contributed by atoms with van der Waals surface area (Å²) in [5.41, 5.74) is 3.15. The molecule has 0 saturated carbocycles.